The number of thiocarbonyl (C=S) groups is 1. The predicted octanol–water partition coefficient (Wildman–Crippen LogP) is 5.73. The van der Waals surface area contributed by atoms with Gasteiger partial charge in [-0.2, -0.15) is 0 Å². The number of nitrogens with zero attached hydrogens (tertiary/aromatic N) is 4. The Balaban J connectivity index is 1.65. The van der Waals surface area contributed by atoms with Crippen LogP contribution in [-0.2, 0) is 0 Å². The fourth-order valence-electron chi connectivity index (χ4n) is 4.80. The van der Waals surface area contributed by atoms with Crippen LogP contribution in [0.5, 0.6) is 0 Å². The van der Waals surface area contributed by atoms with Crippen LogP contribution in [0, 0.1) is 13.8 Å². The van der Waals surface area contributed by atoms with E-state index >= 15 is 0 Å². The molecule has 1 saturated heterocycles. The van der Waals surface area contributed by atoms with E-state index in [2.05, 4.69) is 119 Å². The molecule has 2 aromatic carbocycles. The molecule has 5 rings (SSSR count). The third kappa shape index (κ3) is 4.05. The minimum absolute atomic E-state index is 0.0628. The van der Waals surface area contributed by atoms with Gasteiger partial charge in [0.05, 0.1) is 11.7 Å². The summed E-state index contributed by atoms with van der Waals surface area (Å²) in [5, 5.41) is 4.28. The molecule has 172 valence electrons. The van der Waals surface area contributed by atoms with Crippen LogP contribution in [0.4, 0.5) is 11.4 Å². The molecule has 0 aliphatic carbocycles. The van der Waals surface area contributed by atoms with E-state index < -0.39 is 0 Å². The molecule has 0 saturated carbocycles. The van der Waals surface area contributed by atoms with Crippen LogP contribution in [0.25, 0.3) is 5.69 Å². The van der Waals surface area contributed by atoms with E-state index in [0.717, 1.165) is 22.8 Å². The number of benzene rings is 2. The number of hydrogen-bond donors (Lipinski definition) is 1. The summed E-state index contributed by atoms with van der Waals surface area (Å²) >= 11 is 5.92. The van der Waals surface area contributed by atoms with Crippen molar-refractivity contribution in [2.45, 2.75) is 25.9 Å². The molecular weight excluding hydrogens is 438 g/mol. The molecule has 1 aliphatic heterocycles. The maximum atomic E-state index is 5.92. The van der Waals surface area contributed by atoms with Crippen molar-refractivity contribution < 1.29 is 0 Å². The summed E-state index contributed by atoms with van der Waals surface area (Å²) in [5.74, 6) is 0. The highest BCUT2D eigenvalue weighted by Gasteiger charge is 2.42. The summed E-state index contributed by atoms with van der Waals surface area (Å²) in [4.78, 5) is 9.04. The summed E-state index contributed by atoms with van der Waals surface area (Å²) in [6, 6.07) is 25.4. The molecule has 0 unspecified atom stereocenters. The van der Waals surface area contributed by atoms with E-state index in [-0.39, 0.29) is 12.1 Å². The first-order valence-electron chi connectivity index (χ1n) is 11.5. The van der Waals surface area contributed by atoms with E-state index in [1.807, 2.05) is 18.3 Å². The third-order valence-corrected chi connectivity index (χ3v) is 6.62. The zero-order valence-electron chi connectivity index (χ0n) is 19.9. The van der Waals surface area contributed by atoms with Gasteiger partial charge in [-0.3, -0.25) is 4.98 Å². The van der Waals surface area contributed by atoms with Crippen molar-refractivity contribution >= 4 is 28.7 Å². The van der Waals surface area contributed by atoms with Crippen molar-refractivity contribution in [3.8, 4) is 5.69 Å². The van der Waals surface area contributed by atoms with Gasteiger partial charge in [0.15, 0.2) is 5.11 Å². The number of hydrogen-bond acceptors (Lipinski definition) is 3. The Kier molecular flexibility index (Phi) is 5.84. The molecule has 0 amide bonds. The molecule has 4 aromatic rings. The van der Waals surface area contributed by atoms with Crippen molar-refractivity contribution in [2.24, 2.45) is 0 Å². The summed E-state index contributed by atoms with van der Waals surface area (Å²) in [7, 11) is 4.11. The topological polar surface area (TPSA) is 36.3 Å². The fraction of sp³-hybridized carbons (Fsp3) is 0.214. The molecule has 5 nitrogen and oxygen atoms in total. The van der Waals surface area contributed by atoms with Crippen molar-refractivity contribution in [3.63, 3.8) is 0 Å². The Labute approximate surface area is 206 Å². The summed E-state index contributed by atoms with van der Waals surface area (Å²) in [6.45, 7) is 4.26. The van der Waals surface area contributed by atoms with Crippen molar-refractivity contribution in [3.05, 3.63) is 108 Å². The molecule has 34 heavy (non-hydrogen) atoms. The van der Waals surface area contributed by atoms with E-state index in [0.29, 0.717) is 5.11 Å². The molecule has 0 bridgehead atoms. The van der Waals surface area contributed by atoms with Gasteiger partial charge in [0, 0.05) is 49.2 Å². The van der Waals surface area contributed by atoms with Gasteiger partial charge in [-0.05, 0) is 97.9 Å². The number of nitrogens with one attached hydrogen (secondary N) is 1. The zero-order chi connectivity index (χ0) is 23.8. The van der Waals surface area contributed by atoms with Gasteiger partial charge in [0.1, 0.15) is 6.04 Å². The monoisotopic (exact) mass is 467 g/mol. The van der Waals surface area contributed by atoms with Gasteiger partial charge in [-0.15, -0.1) is 0 Å². The zero-order valence-corrected chi connectivity index (χ0v) is 20.8. The Hall–Kier alpha value is -3.64. The quantitative estimate of drug-likeness (QED) is 0.379. The standard InChI is InChI=1S/C28H29N5S/c1-19-16-20(2)18-23(17-19)33-27(26(30-28(33)34)24-8-5-6-14-29-24)25-9-7-15-32(25)22-12-10-21(11-13-22)31(3)4/h5-18,26-27H,1-4H3,(H,30,34)/t26-,27+/m0/s1. The van der Waals surface area contributed by atoms with Gasteiger partial charge < -0.3 is 19.7 Å². The smallest absolute Gasteiger partial charge is 0.174 e. The Morgan fingerprint density at radius 1 is 0.882 bits per heavy atom. The van der Waals surface area contributed by atoms with Crippen molar-refractivity contribution in [1.82, 2.24) is 14.9 Å². The third-order valence-electron chi connectivity index (χ3n) is 6.31. The lowest BCUT2D eigenvalue weighted by Gasteiger charge is -2.29. The van der Waals surface area contributed by atoms with Crippen LogP contribution < -0.4 is 15.1 Å². The Bertz CT molecular complexity index is 1290. The van der Waals surface area contributed by atoms with Gasteiger partial charge in [0.2, 0.25) is 0 Å². The lowest BCUT2D eigenvalue weighted by Crippen LogP contribution is -2.30. The molecule has 1 aliphatic rings. The molecule has 1 fully saturated rings. The maximum absolute atomic E-state index is 5.92. The number of aryl methyl sites for hydroxylation is 2. The second-order valence-electron chi connectivity index (χ2n) is 9.06. The lowest BCUT2D eigenvalue weighted by atomic mass is 10.00. The molecule has 3 heterocycles. The lowest BCUT2D eigenvalue weighted by molar-refractivity contribution is 0.549. The minimum Gasteiger partial charge on any atom is -0.378 e. The molecule has 2 atom stereocenters. The Morgan fingerprint density at radius 3 is 2.26 bits per heavy atom. The molecular formula is C28H29N5S. The fourth-order valence-corrected chi connectivity index (χ4v) is 5.15. The number of rotatable bonds is 5. The van der Waals surface area contributed by atoms with Crippen LogP contribution in [0.1, 0.15) is 34.6 Å². The molecule has 6 heteroatoms. The van der Waals surface area contributed by atoms with Gasteiger partial charge in [-0.1, -0.05) is 12.1 Å². The molecule has 1 N–H and O–H groups in total. The van der Waals surface area contributed by atoms with Crippen LogP contribution >= 0.6 is 12.2 Å². The second kappa shape index (κ2) is 8.95. The highest BCUT2D eigenvalue weighted by Crippen LogP contribution is 2.42. The predicted molar refractivity (Wildman–Crippen MR) is 144 cm³/mol. The first kappa shape index (κ1) is 22.2. The molecule has 0 spiro atoms. The number of pyridine rings is 1. The van der Waals surface area contributed by atoms with Crippen LogP contribution in [-0.4, -0.2) is 28.8 Å². The second-order valence-corrected chi connectivity index (χ2v) is 9.44. The van der Waals surface area contributed by atoms with Crippen LogP contribution in [0.2, 0.25) is 0 Å². The van der Waals surface area contributed by atoms with Gasteiger partial charge in [0.25, 0.3) is 0 Å². The van der Waals surface area contributed by atoms with E-state index in [9.17, 15) is 0 Å². The first-order valence-corrected chi connectivity index (χ1v) is 11.9. The summed E-state index contributed by atoms with van der Waals surface area (Å²) in [5.41, 5.74) is 7.93. The van der Waals surface area contributed by atoms with Crippen LogP contribution in [0.15, 0.2) is 85.2 Å². The highest BCUT2D eigenvalue weighted by molar-refractivity contribution is 7.80. The van der Waals surface area contributed by atoms with Gasteiger partial charge in [-0.25, -0.2) is 0 Å². The Morgan fingerprint density at radius 2 is 1.62 bits per heavy atom. The normalized spacial score (nSPS) is 17.6. The van der Waals surface area contributed by atoms with E-state index in [1.54, 1.807) is 0 Å². The van der Waals surface area contributed by atoms with E-state index in [4.69, 9.17) is 12.2 Å². The average molecular weight is 468 g/mol. The largest absolute Gasteiger partial charge is 0.378 e. The first-order chi connectivity index (χ1) is 16.4. The van der Waals surface area contributed by atoms with Crippen LogP contribution in [0.3, 0.4) is 0 Å². The SMILES string of the molecule is Cc1cc(C)cc(N2C(=S)N[C@@H](c3ccccn3)[C@H]2c2cccn2-c2ccc(N(C)C)cc2)c1. The van der Waals surface area contributed by atoms with Crippen molar-refractivity contribution in [2.75, 3.05) is 23.9 Å². The molecule has 0 radical (unpaired) electrons. The minimum atomic E-state index is -0.0794. The number of anilines is 2. The molecule has 2 aromatic heterocycles. The number of aromatic nitrogens is 2. The summed E-state index contributed by atoms with van der Waals surface area (Å²) in [6.07, 6.45) is 3.96. The summed E-state index contributed by atoms with van der Waals surface area (Å²) < 4.78 is 2.26. The van der Waals surface area contributed by atoms with Gasteiger partial charge >= 0.3 is 0 Å². The maximum Gasteiger partial charge on any atom is 0.174 e. The van der Waals surface area contributed by atoms with Crippen molar-refractivity contribution in [1.29, 1.82) is 0 Å². The average Bonchev–Trinajstić information content (AvgIpc) is 3.43. The highest BCUT2D eigenvalue weighted by atomic mass is 32.1. The van der Waals surface area contributed by atoms with E-state index in [1.165, 1.54) is 16.8 Å².